The van der Waals surface area contributed by atoms with Gasteiger partial charge in [-0.15, -0.1) is 0 Å². The predicted molar refractivity (Wildman–Crippen MR) is 102 cm³/mol. The molecule has 0 N–H and O–H groups in total. The van der Waals surface area contributed by atoms with Crippen LogP contribution in [0.3, 0.4) is 0 Å². The third kappa shape index (κ3) is 1.71. The fourth-order valence-electron chi connectivity index (χ4n) is 3.72. The van der Waals surface area contributed by atoms with E-state index < -0.39 is 0 Å². The third-order valence-electron chi connectivity index (χ3n) is 5.04. The number of pyridine rings is 2. The summed E-state index contributed by atoms with van der Waals surface area (Å²) in [5.74, 6) is 0. The van der Waals surface area contributed by atoms with Gasteiger partial charge >= 0.3 is 0 Å². The molecular formula is C22H16N2. The van der Waals surface area contributed by atoms with E-state index in [4.69, 9.17) is 9.97 Å². The lowest BCUT2D eigenvalue weighted by molar-refractivity contribution is 1.42. The summed E-state index contributed by atoms with van der Waals surface area (Å²) in [6.45, 7) is 4.35. The highest BCUT2D eigenvalue weighted by atomic mass is 14.8. The van der Waals surface area contributed by atoms with Gasteiger partial charge < -0.3 is 0 Å². The van der Waals surface area contributed by atoms with Gasteiger partial charge in [-0.25, -0.2) is 9.97 Å². The standard InChI is InChI=1S/C22H16N2/c1-13-15-7-3-5-9-19(15)23-21-17(13)11-12-18-14(2)16-8-4-6-10-20(16)24-22(18)21/h3-12H,1-2H3. The summed E-state index contributed by atoms with van der Waals surface area (Å²) in [5.41, 5.74) is 6.59. The quantitative estimate of drug-likeness (QED) is 0.270. The summed E-state index contributed by atoms with van der Waals surface area (Å²) in [6, 6.07) is 21.0. The van der Waals surface area contributed by atoms with Gasteiger partial charge in [-0.05, 0) is 37.1 Å². The van der Waals surface area contributed by atoms with E-state index in [0.29, 0.717) is 0 Å². The van der Waals surface area contributed by atoms with Crippen molar-refractivity contribution in [3.8, 4) is 0 Å². The molecule has 0 spiro atoms. The van der Waals surface area contributed by atoms with Crippen LogP contribution < -0.4 is 0 Å². The lowest BCUT2D eigenvalue weighted by Crippen LogP contribution is -1.93. The molecule has 0 saturated heterocycles. The molecule has 2 nitrogen and oxygen atoms in total. The molecule has 0 unspecified atom stereocenters. The van der Waals surface area contributed by atoms with Crippen molar-refractivity contribution in [2.24, 2.45) is 0 Å². The number of benzene rings is 3. The van der Waals surface area contributed by atoms with Crippen molar-refractivity contribution in [2.45, 2.75) is 13.8 Å². The average molecular weight is 308 g/mol. The van der Waals surface area contributed by atoms with E-state index in [1.54, 1.807) is 0 Å². The molecule has 0 bridgehead atoms. The van der Waals surface area contributed by atoms with Crippen LogP contribution in [0, 0.1) is 13.8 Å². The van der Waals surface area contributed by atoms with Gasteiger partial charge in [-0.1, -0.05) is 48.5 Å². The van der Waals surface area contributed by atoms with Crippen molar-refractivity contribution in [3.05, 3.63) is 71.8 Å². The summed E-state index contributed by atoms with van der Waals surface area (Å²) < 4.78 is 0. The molecule has 0 radical (unpaired) electrons. The first-order valence-electron chi connectivity index (χ1n) is 8.21. The van der Waals surface area contributed by atoms with Gasteiger partial charge in [-0.2, -0.15) is 0 Å². The molecule has 0 saturated carbocycles. The molecule has 2 aromatic heterocycles. The Morgan fingerprint density at radius 1 is 0.500 bits per heavy atom. The zero-order valence-electron chi connectivity index (χ0n) is 13.7. The lowest BCUT2D eigenvalue weighted by Gasteiger charge is -2.12. The molecule has 0 amide bonds. The molecule has 2 heteroatoms. The minimum atomic E-state index is 0.998. The summed E-state index contributed by atoms with van der Waals surface area (Å²) in [4.78, 5) is 9.90. The van der Waals surface area contributed by atoms with E-state index in [0.717, 1.165) is 22.1 Å². The topological polar surface area (TPSA) is 25.8 Å². The predicted octanol–water partition coefficient (Wildman–Crippen LogP) is 5.71. The molecule has 0 aliphatic heterocycles. The Kier molecular flexibility index (Phi) is 2.66. The zero-order chi connectivity index (χ0) is 16.3. The monoisotopic (exact) mass is 308 g/mol. The molecule has 0 fully saturated rings. The van der Waals surface area contributed by atoms with Crippen molar-refractivity contribution in [1.82, 2.24) is 9.97 Å². The number of nitrogens with zero attached hydrogens (tertiary/aromatic N) is 2. The van der Waals surface area contributed by atoms with E-state index in [1.807, 2.05) is 12.1 Å². The van der Waals surface area contributed by atoms with Gasteiger partial charge in [0, 0.05) is 21.5 Å². The van der Waals surface area contributed by atoms with Crippen LogP contribution in [-0.4, -0.2) is 9.97 Å². The number of aryl methyl sites for hydroxylation is 2. The van der Waals surface area contributed by atoms with Crippen molar-refractivity contribution in [2.75, 3.05) is 0 Å². The minimum Gasteiger partial charge on any atom is -0.245 e. The van der Waals surface area contributed by atoms with Crippen LogP contribution in [0.5, 0.6) is 0 Å². The summed E-state index contributed by atoms with van der Waals surface area (Å²) in [5, 5.41) is 4.79. The maximum atomic E-state index is 4.95. The molecule has 5 rings (SSSR count). The smallest absolute Gasteiger partial charge is 0.0975 e. The molecule has 0 aliphatic rings. The number of para-hydroxylation sites is 2. The highest BCUT2D eigenvalue weighted by Gasteiger charge is 2.12. The number of aromatic nitrogens is 2. The minimum absolute atomic E-state index is 0.998. The molecular weight excluding hydrogens is 292 g/mol. The van der Waals surface area contributed by atoms with E-state index in [2.05, 4.69) is 62.4 Å². The van der Waals surface area contributed by atoms with E-state index in [-0.39, 0.29) is 0 Å². The maximum Gasteiger partial charge on any atom is 0.0975 e. The Bertz CT molecular complexity index is 1170. The van der Waals surface area contributed by atoms with Crippen LogP contribution in [0.25, 0.3) is 43.6 Å². The van der Waals surface area contributed by atoms with Gasteiger partial charge in [0.1, 0.15) is 0 Å². The first-order chi connectivity index (χ1) is 11.7. The SMILES string of the molecule is Cc1c2ccccc2nc2c1ccc1c(C)c3ccccc3nc12. The summed E-state index contributed by atoms with van der Waals surface area (Å²) >= 11 is 0. The molecule has 114 valence electrons. The van der Waals surface area contributed by atoms with Crippen LogP contribution in [0.15, 0.2) is 60.7 Å². The van der Waals surface area contributed by atoms with Crippen LogP contribution in [0.1, 0.15) is 11.1 Å². The molecule has 0 aliphatic carbocycles. The Hall–Kier alpha value is -3.00. The van der Waals surface area contributed by atoms with Gasteiger partial charge in [0.25, 0.3) is 0 Å². The molecule has 5 aromatic rings. The number of rotatable bonds is 0. The molecule has 3 aromatic carbocycles. The largest absolute Gasteiger partial charge is 0.245 e. The molecule has 0 atom stereocenters. The average Bonchev–Trinajstić information content (AvgIpc) is 2.62. The van der Waals surface area contributed by atoms with Gasteiger partial charge in [0.05, 0.1) is 22.1 Å². The van der Waals surface area contributed by atoms with Crippen LogP contribution in [0.4, 0.5) is 0 Å². The second-order valence-electron chi connectivity index (χ2n) is 6.37. The van der Waals surface area contributed by atoms with Gasteiger partial charge in [-0.3, -0.25) is 0 Å². The normalized spacial score (nSPS) is 11.8. The summed E-state index contributed by atoms with van der Waals surface area (Å²) in [7, 11) is 0. The molecule has 24 heavy (non-hydrogen) atoms. The highest BCUT2D eigenvalue weighted by molar-refractivity contribution is 6.12. The Balaban J connectivity index is 2.07. The van der Waals surface area contributed by atoms with Crippen molar-refractivity contribution >= 4 is 43.6 Å². The Labute approximate surface area is 139 Å². The second kappa shape index (κ2) is 4.75. The first kappa shape index (κ1) is 13.4. The first-order valence-corrected chi connectivity index (χ1v) is 8.21. The van der Waals surface area contributed by atoms with Crippen molar-refractivity contribution < 1.29 is 0 Å². The van der Waals surface area contributed by atoms with Gasteiger partial charge in [0.2, 0.25) is 0 Å². The fourth-order valence-corrected chi connectivity index (χ4v) is 3.72. The molecule has 2 heterocycles. The van der Waals surface area contributed by atoms with Crippen LogP contribution >= 0.6 is 0 Å². The summed E-state index contributed by atoms with van der Waals surface area (Å²) in [6.07, 6.45) is 0. The number of hydrogen-bond donors (Lipinski definition) is 0. The lowest BCUT2D eigenvalue weighted by atomic mass is 9.98. The fraction of sp³-hybridized carbons (Fsp3) is 0.0909. The third-order valence-corrected chi connectivity index (χ3v) is 5.04. The Morgan fingerprint density at radius 3 is 1.38 bits per heavy atom. The van der Waals surface area contributed by atoms with Crippen molar-refractivity contribution in [3.63, 3.8) is 0 Å². The highest BCUT2D eigenvalue weighted by Crippen LogP contribution is 2.33. The van der Waals surface area contributed by atoms with E-state index in [9.17, 15) is 0 Å². The van der Waals surface area contributed by atoms with E-state index in [1.165, 1.54) is 32.7 Å². The van der Waals surface area contributed by atoms with Gasteiger partial charge in [0.15, 0.2) is 0 Å². The number of fused-ring (bicyclic) bond motifs is 5. The second-order valence-corrected chi connectivity index (χ2v) is 6.37. The van der Waals surface area contributed by atoms with Crippen LogP contribution in [0.2, 0.25) is 0 Å². The number of hydrogen-bond acceptors (Lipinski definition) is 2. The maximum absolute atomic E-state index is 4.95. The Morgan fingerprint density at radius 2 is 0.917 bits per heavy atom. The zero-order valence-corrected chi connectivity index (χ0v) is 13.7. The van der Waals surface area contributed by atoms with E-state index >= 15 is 0 Å². The van der Waals surface area contributed by atoms with Crippen molar-refractivity contribution in [1.29, 1.82) is 0 Å². The van der Waals surface area contributed by atoms with Crippen LogP contribution in [-0.2, 0) is 0 Å².